The highest BCUT2D eigenvalue weighted by Gasteiger charge is 2.05. The molecule has 116 valence electrons. The smallest absolute Gasteiger partial charge is 0.229 e. The van der Waals surface area contributed by atoms with Gasteiger partial charge in [-0.05, 0) is 48.9 Å². The van der Waals surface area contributed by atoms with E-state index in [0.29, 0.717) is 11.8 Å². The average Bonchev–Trinajstić information content (AvgIpc) is 2.52. The second kappa shape index (κ2) is 6.98. The Bertz CT molecular complexity index is 838. The summed E-state index contributed by atoms with van der Waals surface area (Å²) >= 11 is 9.59. The Morgan fingerprint density at radius 2 is 1.87 bits per heavy atom. The van der Waals surface area contributed by atoms with Crippen molar-refractivity contribution in [1.29, 1.82) is 0 Å². The first-order valence-corrected chi connectivity index (χ1v) is 8.17. The summed E-state index contributed by atoms with van der Waals surface area (Å²) < 4.78 is 0.992. The maximum atomic E-state index is 6.14. The molecule has 0 spiro atoms. The average molecular weight is 390 g/mol. The zero-order valence-corrected chi connectivity index (χ0v) is 14.7. The van der Waals surface area contributed by atoms with E-state index in [9.17, 15) is 0 Å². The van der Waals surface area contributed by atoms with E-state index in [1.165, 1.54) is 0 Å². The van der Waals surface area contributed by atoms with Crippen LogP contribution in [0.2, 0.25) is 5.02 Å². The zero-order chi connectivity index (χ0) is 16.2. The number of hydrogen-bond donors (Lipinski definition) is 2. The van der Waals surface area contributed by atoms with E-state index < -0.39 is 0 Å². The highest BCUT2D eigenvalue weighted by Crippen LogP contribution is 2.26. The number of aromatic nitrogens is 2. The summed E-state index contributed by atoms with van der Waals surface area (Å²) in [7, 11) is 0. The lowest BCUT2D eigenvalue weighted by molar-refractivity contribution is 1.16. The first-order chi connectivity index (χ1) is 11.1. The predicted molar refractivity (Wildman–Crippen MR) is 98.9 cm³/mol. The van der Waals surface area contributed by atoms with E-state index in [-0.39, 0.29) is 0 Å². The summed E-state index contributed by atoms with van der Waals surface area (Å²) in [5.41, 5.74) is 2.81. The van der Waals surface area contributed by atoms with Crippen LogP contribution in [0.25, 0.3) is 0 Å². The molecule has 0 bridgehead atoms. The third kappa shape index (κ3) is 4.00. The van der Waals surface area contributed by atoms with Crippen molar-refractivity contribution in [2.75, 3.05) is 10.6 Å². The number of anilines is 4. The molecule has 4 nitrogen and oxygen atoms in total. The normalized spacial score (nSPS) is 10.4. The minimum atomic E-state index is 0.521. The Morgan fingerprint density at radius 3 is 2.70 bits per heavy atom. The minimum Gasteiger partial charge on any atom is -0.340 e. The standard InChI is InChI=1S/C17H14BrClN4/c1-11-14(19)6-3-7-15(11)22-16-8-9-20-17(23-16)21-13-5-2-4-12(18)10-13/h2-10H,1H3,(H2,20,21,22,23). The van der Waals surface area contributed by atoms with Crippen LogP contribution < -0.4 is 10.6 Å². The largest absolute Gasteiger partial charge is 0.340 e. The Balaban J connectivity index is 1.81. The molecule has 0 amide bonds. The topological polar surface area (TPSA) is 49.8 Å². The van der Waals surface area contributed by atoms with Gasteiger partial charge < -0.3 is 10.6 Å². The fourth-order valence-corrected chi connectivity index (χ4v) is 2.64. The number of benzene rings is 2. The van der Waals surface area contributed by atoms with Gasteiger partial charge in [0.1, 0.15) is 5.82 Å². The van der Waals surface area contributed by atoms with Crippen molar-refractivity contribution in [3.05, 3.63) is 69.8 Å². The van der Waals surface area contributed by atoms with E-state index in [4.69, 9.17) is 11.6 Å². The summed E-state index contributed by atoms with van der Waals surface area (Å²) in [6, 6.07) is 15.4. The molecule has 0 atom stereocenters. The lowest BCUT2D eigenvalue weighted by Crippen LogP contribution is -2.01. The SMILES string of the molecule is Cc1c(Cl)cccc1Nc1ccnc(Nc2cccc(Br)c2)n1. The Kier molecular flexibility index (Phi) is 4.79. The molecule has 0 saturated carbocycles. The van der Waals surface area contributed by atoms with Gasteiger partial charge in [0.15, 0.2) is 0 Å². The molecule has 3 rings (SSSR count). The molecule has 3 aromatic rings. The van der Waals surface area contributed by atoms with Crippen LogP contribution in [0, 0.1) is 6.92 Å². The van der Waals surface area contributed by atoms with Crippen molar-refractivity contribution in [2.24, 2.45) is 0 Å². The number of halogens is 2. The van der Waals surface area contributed by atoms with Crippen molar-refractivity contribution in [1.82, 2.24) is 9.97 Å². The Morgan fingerprint density at radius 1 is 1.04 bits per heavy atom. The molecule has 6 heteroatoms. The molecule has 2 aromatic carbocycles. The van der Waals surface area contributed by atoms with E-state index >= 15 is 0 Å². The van der Waals surface area contributed by atoms with Crippen molar-refractivity contribution in [3.63, 3.8) is 0 Å². The summed E-state index contributed by atoms with van der Waals surface area (Å²) in [6.45, 7) is 1.96. The highest BCUT2D eigenvalue weighted by molar-refractivity contribution is 9.10. The second-order valence-electron chi connectivity index (χ2n) is 4.94. The quantitative estimate of drug-likeness (QED) is 0.602. The Hall–Kier alpha value is -2.11. The maximum Gasteiger partial charge on any atom is 0.229 e. The van der Waals surface area contributed by atoms with Crippen LogP contribution in [0.5, 0.6) is 0 Å². The molecule has 0 saturated heterocycles. The predicted octanol–water partition coefficient (Wildman–Crippen LogP) is 5.69. The molecular formula is C17H14BrClN4. The van der Waals surface area contributed by atoms with Gasteiger partial charge >= 0.3 is 0 Å². The third-order valence-electron chi connectivity index (χ3n) is 3.27. The van der Waals surface area contributed by atoms with Crippen molar-refractivity contribution in [2.45, 2.75) is 6.92 Å². The molecule has 0 aliphatic carbocycles. The second-order valence-corrected chi connectivity index (χ2v) is 6.26. The van der Waals surface area contributed by atoms with Gasteiger partial charge in [0.2, 0.25) is 5.95 Å². The molecule has 0 fully saturated rings. The van der Waals surface area contributed by atoms with Crippen LogP contribution in [0.4, 0.5) is 23.1 Å². The van der Waals surface area contributed by atoms with Gasteiger partial charge in [0.05, 0.1) is 0 Å². The van der Waals surface area contributed by atoms with Crippen LogP contribution >= 0.6 is 27.5 Å². The fraction of sp³-hybridized carbons (Fsp3) is 0.0588. The molecule has 1 aromatic heterocycles. The van der Waals surface area contributed by atoms with Crippen molar-refractivity contribution < 1.29 is 0 Å². The van der Waals surface area contributed by atoms with Gasteiger partial charge in [-0.3, -0.25) is 0 Å². The first kappa shape index (κ1) is 15.8. The van der Waals surface area contributed by atoms with E-state index in [1.807, 2.05) is 55.5 Å². The van der Waals surface area contributed by atoms with E-state index in [2.05, 4.69) is 36.5 Å². The lowest BCUT2D eigenvalue weighted by Gasteiger charge is -2.11. The van der Waals surface area contributed by atoms with Crippen molar-refractivity contribution in [3.8, 4) is 0 Å². The summed E-state index contributed by atoms with van der Waals surface area (Å²) in [5, 5.41) is 7.16. The van der Waals surface area contributed by atoms with Crippen molar-refractivity contribution >= 4 is 50.7 Å². The summed E-state index contributed by atoms with van der Waals surface area (Å²) in [5.74, 6) is 1.22. The molecule has 23 heavy (non-hydrogen) atoms. The molecule has 0 radical (unpaired) electrons. The lowest BCUT2D eigenvalue weighted by atomic mass is 10.2. The maximum absolute atomic E-state index is 6.14. The minimum absolute atomic E-state index is 0.521. The number of rotatable bonds is 4. The number of nitrogens with one attached hydrogen (secondary N) is 2. The fourth-order valence-electron chi connectivity index (χ4n) is 2.06. The Labute approximate surface area is 148 Å². The monoisotopic (exact) mass is 388 g/mol. The van der Waals surface area contributed by atoms with E-state index in [1.54, 1.807) is 6.20 Å². The first-order valence-electron chi connectivity index (χ1n) is 6.99. The highest BCUT2D eigenvalue weighted by atomic mass is 79.9. The van der Waals surface area contributed by atoms with Gasteiger partial charge in [0, 0.05) is 27.1 Å². The third-order valence-corrected chi connectivity index (χ3v) is 4.17. The van der Waals surface area contributed by atoms with Crippen LogP contribution in [0.15, 0.2) is 59.2 Å². The summed E-state index contributed by atoms with van der Waals surface area (Å²) in [4.78, 5) is 8.71. The molecule has 0 aliphatic rings. The van der Waals surface area contributed by atoms with E-state index in [0.717, 1.165) is 26.4 Å². The molecular weight excluding hydrogens is 376 g/mol. The van der Waals surface area contributed by atoms with Gasteiger partial charge in [-0.2, -0.15) is 4.98 Å². The molecule has 2 N–H and O–H groups in total. The number of nitrogens with zero attached hydrogens (tertiary/aromatic N) is 2. The van der Waals surface area contributed by atoms with Crippen LogP contribution in [0.1, 0.15) is 5.56 Å². The van der Waals surface area contributed by atoms with Gasteiger partial charge in [-0.1, -0.05) is 39.7 Å². The van der Waals surface area contributed by atoms with Crippen LogP contribution in [-0.2, 0) is 0 Å². The molecule has 1 heterocycles. The van der Waals surface area contributed by atoms with Gasteiger partial charge in [-0.15, -0.1) is 0 Å². The van der Waals surface area contributed by atoms with Crippen LogP contribution in [0.3, 0.4) is 0 Å². The van der Waals surface area contributed by atoms with Gasteiger partial charge in [0.25, 0.3) is 0 Å². The van der Waals surface area contributed by atoms with Crippen LogP contribution in [-0.4, -0.2) is 9.97 Å². The zero-order valence-electron chi connectivity index (χ0n) is 12.3. The molecule has 0 aliphatic heterocycles. The molecule has 0 unspecified atom stereocenters. The number of hydrogen-bond acceptors (Lipinski definition) is 4. The van der Waals surface area contributed by atoms with Gasteiger partial charge in [-0.25, -0.2) is 4.98 Å². The summed E-state index contributed by atoms with van der Waals surface area (Å²) in [6.07, 6.45) is 1.70.